The van der Waals surface area contributed by atoms with Crippen molar-refractivity contribution in [2.45, 2.75) is 26.3 Å². The maximum atomic E-state index is 11.0. The Kier molecular flexibility index (Phi) is 4.74. The predicted octanol–water partition coefficient (Wildman–Crippen LogP) is 1.65. The van der Waals surface area contributed by atoms with Gasteiger partial charge >= 0.3 is 11.9 Å². The lowest BCUT2D eigenvalue weighted by atomic mass is 10.1. The molecule has 1 rings (SSSR count). The van der Waals surface area contributed by atoms with E-state index >= 15 is 0 Å². The topological polar surface area (TPSA) is 95.9 Å². The van der Waals surface area contributed by atoms with Crippen molar-refractivity contribution in [3.05, 3.63) is 23.3 Å². The van der Waals surface area contributed by atoms with Crippen LogP contribution in [0.15, 0.2) is 12.1 Å². The van der Waals surface area contributed by atoms with Crippen molar-refractivity contribution in [1.29, 1.82) is 0 Å². The Morgan fingerprint density at radius 2 is 1.89 bits per heavy atom. The van der Waals surface area contributed by atoms with E-state index < -0.39 is 24.4 Å². The maximum Gasteiger partial charge on any atom is 0.326 e. The monoisotopic (exact) mass is 267 g/mol. The summed E-state index contributed by atoms with van der Waals surface area (Å²) in [6.07, 6.45) is -0.486. The summed E-state index contributed by atoms with van der Waals surface area (Å²) in [5.41, 5.74) is 2.30. The van der Waals surface area contributed by atoms with Crippen LogP contribution in [-0.2, 0) is 9.59 Å². The van der Waals surface area contributed by atoms with E-state index in [4.69, 9.17) is 14.9 Å². The summed E-state index contributed by atoms with van der Waals surface area (Å²) in [4.78, 5) is 21.6. The zero-order valence-electron chi connectivity index (χ0n) is 11.1. The smallest absolute Gasteiger partial charge is 0.326 e. The van der Waals surface area contributed by atoms with Gasteiger partial charge in [-0.1, -0.05) is 0 Å². The normalized spacial score (nSPS) is 11.7. The molecule has 0 aliphatic rings. The lowest BCUT2D eigenvalue weighted by Crippen LogP contribution is -2.32. The zero-order chi connectivity index (χ0) is 14.6. The number of aliphatic carboxylic acids is 2. The lowest BCUT2D eigenvalue weighted by Gasteiger charge is -2.18. The number of carboxylic acid groups (broad SMARTS) is 2. The number of methoxy groups -OCH3 is 1. The van der Waals surface area contributed by atoms with Crippen molar-refractivity contribution >= 4 is 17.6 Å². The van der Waals surface area contributed by atoms with Crippen LogP contribution in [0.1, 0.15) is 17.5 Å². The van der Waals surface area contributed by atoms with Crippen LogP contribution in [0.2, 0.25) is 0 Å². The van der Waals surface area contributed by atoms with Gasteiger partial charge in [0, 0.05) is 5.69 Å². The number of ether oxygens (including phenoxy) is 1. The first-order valence-corrected chi connectivity index (χ1v) is 5.72. The molecular weight excluding hydrogens is 250 g/mol. The third kappa shape index (κ3) is 3.61. The van der Waals surface area contributed by atoms with E-state index in [1.165, 1.54) is 0 Å². The Balaban J connectivity index is 3.00. The van der Waals surface area contributed by atoms with Crippen molar-refractivity contribution in [2.24, 2.45) is 0 Å². The summed E-state index contributed by atoms with van der Waals surface area (Å²) >= 11 is 0. The second kappa shape index (κ2) is 6.08. The fourth-order valence-electron chi connectivity index (χ4n) is 1.74. The molecule has 0 bridgehead atoms. The molecular formula is C13H17NO5. The van der Waals surface area contributed by atoms with E-state index in [1.54, 1.807) is 19.2 Å². The zero-order valence-corrected chi connectivity index (χ0v) is 11.1. The van der Waals surface area contributed by atoms with E-state index in [1.807, 2.05) is 13.8 Å². The summed E-state index contributed by atoms with van der Waals surface area (Å²) < 4.78 is 5.16. The molecule has 0 aliphatic carbocycles. The van der Waals surface area contributed by atoms with Crippen molar-refractivity contribution in [1.82, 2.24) is 0 Å². The largest absolute Gasteiger partial charge is 0.496 e. The average Bonchev–Trinajstić information content (AvgIpc) is 2.33. The van der Waals surface area contributed by atoms with Crippen LogP contribution in [-0.4, -0.2) is 35.3 Å². The van der Waals surface area contributed by atoms with Crippen LogP contribution < -0.4 is 10.1 Å². The van der Waals surface area contributed by atoms with Crippen molar-refractivity contribution in [3.63, 3.8) is 0 Å². The highest BCUT2D eigenvalue weighted by atomic mass is 16.5. The number of benzene rings is 1. The van der Waals surface area contributed by atoms with Crippen molar-refractivity contribution in [2.75, 3.05) is 12.4 Å². The number of rotatable bonds is 6. The molecule has 0 spiro atoms. The van der Waals surface area contributed by atoms with Crippen LogP contribution in [0.5, 0.6) is 5.75 Å². The molecule has 0 fully saturated rings. The highest BCUT2D eigenvalue weighted by molar-refractivity contribution is 5.83. The first kappa shape index (κ1) is 14.8. The van der Waals surface area contributed by atoms with E-state index in [0.29, 0.717) is 11.4 Å². The molecule has 3 N–H and O–H groups in total. The van der Waals surface area contributed by atoms with Crippen molar-refractivity contribution in [3.8, 4) is 5.75 Å². The van der Waals surface area contributed by atoms with Gasteiger partial charge in [0.2, 0.25) is 0 Å². The van der Waals surface area contributed by atoms with Gasteiger partial charge < -0.3 is 20.3 Å². The molecule has 104 valence electrons. The van der Waals surface area contributed by atoms with Crippen LogP contribution in [0.4, 0.5) is 5.69 Å². The Labute approximate surface area is 111 Å². The Hall–Kier alpha value is -2.24. The molecule has 0 amide bonds. The second-order valence-electron chi connectivity index (χ2n) is 4.20. The highest BCUT2D eigenvalue weighted by Crippen LogP contribution is 2.27. The molecule has 1 unspecified atom stereocenters. The highest BCUT2D eigenvalue weighted by Gasteiger charge is 2.21. The molecule has 6 nitrogen and oxygen atoms in total. The van der Waals surface area contributed by atoms with Gasteiger partial charge in [0.25, 0.3) is 0 Å². The Morgan fingerprint density at radius 1 is 1.26 bits per heavy atom. The molecule has 1 atom stereocenters. The molecule has 0 saturated heterocycles. The number of carboxylic acids is 2. The fourth-order valence-corrected chi connectivity index (χ4v) is 1.74. The van der Waals surface area contributed by atoms with Gasteiger partial charge in [-0.2, -0.15) is 0 Å². The number of carbonyl (C=O) groups is 2. The predicted molar refractivity (Wildman–Crippen MR) is 69.8 cm³/mol. The summed E-state index contributed by atoms with van der Waals surface area (Å²) in [6, 6.07) is 2.23. The molecule has 0 saturated carbocycles. The van der Waals surface area contributed by atoms with Gasteiger partial charge in [-0.15, -0.1) is 0 Å². The molecule has 1 aromatic rings. The standard InChI is InChI=1S/C13H17NO5/c1-7-8(2)11(19-3)5-4-9(7)14-10(13(17)18)6-12(15)16/h4-5,10,14H,6H2,1-3H3,(H,15,16)(H,17,18). The lowest BCUT2D eigenvalue weighted by molar-refractivity contribution is -0.144. The molecule has 19 heavy (non-hydrogen) atoms. The minimum absolute atomic E-state index is 0.486. The molecule has 0 radical (unpaired) electrons. The van der Waals surface area contributed by atoms with Gasteiger partial charge in [0.1, 0.15) is 11.8 Å². The molecule has 0 aliphatic heterocycles. The SMILES string of the molecule is COc1ccc(NC(CC(=O)O)C(=O)O)c(C)c1C. The van der Waals surface area contributed by atoms with Crippen LogP contribution in [0.25, 0.3) is 0 Å². The summed E-state index contributed by atoms with van der Waals surface area (Å²) in [6.45, 7) is 3.67. The van der Waals surface area contributed by atoms with Gasteiger partial charge in [0.05, 0.1) is 13.5 Å². The number of hydrogen-bond donors (Lipinski definition) is 3. The van der Waals surface area contributed by atoms with Gasteiger partial charge in [-0.25, -0.2) is 4.79 Å². The second-order valence-corrected chi connectivity index (χ2v) is 4.20. The number of nitrogens with one attached hydrogen (secondary N) is 1. The minimum atomic E-state index is -1.20. The number of anilines is 1. The minimum Gasteiger partial charge on any atom is -0.496 e. The van der Waals surface area contributed by atoms with Gasteiger partial charge in [-0.05, 0) is 37.1 Å². The van der Waals surface area contributed by atoms with Crippen LogP contribution in [0.3, 0.4) is 0 Å². The van der Waals surface area contributed by atoms with E-state index in [-0.39, 0.29) is 0 Å². The first-order chi connectivity index (χ1) is 8.86. The maximum absolute atomic E-state index is 11.0. The third-order valence-electron chi connectivity index (χ3n) is 2.96. The molecule has 0 heterocycles. The third-order valence-corrected chi connectivity index (χ3v) is 2.96. The molecule has 1 aromatic carbocycles. The summed E-state index contributed by atoms with van der Waals surface area (Å²) in [7, 11) is 1.55. The van der Waals surface area contributed by atoms with E-state index in [9.17, 15) is 9.59 Å². The van der Waals surface area contributed by atoms with Crippen LogP contribution in [0, 0.1) is 13.8 Å². The molecule has 6 heteroatoms. The number of hydrogen-bond acceptors (Lipinski definition) is 4. The van der Waals surface area contributed by atoms with E-state index in [0.717, 1.165) is 11.1 Å². The Morgan fingerprint density at radius 3 is 2.37 bits per heavy atom. The van der Waals surface area contributed by atoms with E-state index in [2.05, 4.69) is 5.32 Å². The first-order valence-electron chi connectivity index (χ1n) is 5.72. The quantitative estimate of drug-likeness (QED) is 0.725. The van der Waals surface area contributed by atoms with Crippen molar-refractivity contribution < 1.29 is 24.5 Å². The van der Waals surface area contributed by atoms with Crippen LogP contribution >= 0.6 is 0 Å². The molecule has 0 aromatic heterocycles. The summed E-state index contributed by atoms with van der Waals surface area (Å²) in [5.74, 6) is -1.66. The summed E-state index contributed by atoms with van der Waals surface area (Å²) in [5, 5.41) is 20.4. The Bertz CT molecular complexity index is 498. The van der Waals surface area contributed by atoms with Gasteiger partial charge in [-0.3, -0.25) is 4.79 Å². The average molecular weight is 267 g/mol. The van der Waals surface area contributed by atoms with Gasteiger partial charge in [0.15, 0.2) is 0 Å². The fraction of sp³-hybridized carbons (Fsp3) is 0.385.